The van der Waals surface area contributed by atoms with E-state index in [0.717, 1.165) is 22.5 Å². The second kappa shape index (κ2) is 7.03. The lowest BCUT2D eigenvalue weighted by atomic mass is 10.1. The Morgan fingerprint density at radius 1 is 1.04 bits per heavy atom. The molecule has 1 amide bonds. The Balaban J connectivity index is 1.96. The number of aromatic nitrogens is 2. The predicted molar refractivity (Wildman–Crippen MR) is 104 cm³/mol. The maximum absolute atomic E-state index is 12.7. The molecule has 0 aliphatic rings. The lowest BCUT2D eigenvalue weighted by molar-refractivity contribution is -0.385. The molecule has 1 N–H and O–H groups in total. The van der Waals surface area contributed by atoms with Crippen LogP contribution in [-0.2, 0) is 0 Å². The normalized spacial score (nSPS) is 10.7. The number of nitrogens with zero attached hydrogens (tertiary/aromatic N) is 3. The Labute approximate surface area is 156 Å². The molecule has 27 heavy (non-hydrogen) atoms. The minimum Gasteiger partial charge on any atom is -0.306 e. The summed E-state index contributed by atoms with van der Waals surface area (Å²) >= 11 is 0. The van der Waals surface area contributed by atoms with E-state index in [9.17, 15) is 14.9 Å². The predicted octanol–water partition coefficient (Wildman–Crippen LogP) is 4.27. The zero-order chi connectivity index (χ0) is 19.7. The fourth-order valence-electron chi connectivity index (χ4n) is 2.99. The molecule has 2 aromatic carbocycles. The van der Waals surface area contributed by atoms with Crippen molar-refractivity contribution in [3.8, 4) is 5.69 Å². The van der Waals surface area contributed by atoms with E-state index in [1.807, 2.05) is 32.9 Å². The molecule has 0 saturated heterocycles. The van der Waals surface area contributed by atoms with E-state index in [2.05, 4.69) is 16.5 Å². The van der Waals surface area contributed by atoms with Gasteiger partial charge in [-0.05, 0) is 57.0 Å². The second-order valence-corrected chi connectivity index (χ2v) is 6.64. The minimum atomic E-state index is -0.490. The Morgan fingerprint density at radius 3 is 2.33 bits per heavy atom. The molecule has 3 rings (SSSR count). The summed E-state index contributed by atoms with van der Waals surface area (Å²) in [5, 5.41) is 18.4. The van der Waals surface area contributed by atoms with Crippen LogP contribution in [0, 0.1) is 37.8 Å². The molecular formula is C20H20N4O3. The molecule has 1 heterocycles. The van der Waals surface area contributed by atoms with Crippen LogP contribution in [0.1, 0.15) is 32.7 Å². The van der Waals surface area contributed by atoms with Gasteiger partial charge < -0.3 is 5.32 Å². The number of carbonyl (C=O) groups is 1. The molecule has 0 saturated carbocycles. The van der Waals surface area contributed by atoms with Crippen molar-refractivity contribution >= 4 is 17.4 Å². The number of carbonyl (C=O) groups excluding carboxylic acids is 1. The SMILES string of the molecule is Cc1cc(C)cc(-n2nc(C)cc2NC(=O)c2ccc(C)c([N+](=O)[O-])c2)c1. The fraction of sp³-hybridized carbons (Fsp3) is 0.200. The van der Waals surface area contributed by atoms with Gasteiger partial charge in [0.15, 0.2) is 0 Å². The number of nitro benzene ring substituents is 1. The zero-order valence-corrected chi connectivity index (χ0v) is 15.6. The van der Waals surface area contributed by atoms with Crippen LogP contribution < -0.4 is 5.32 Å². The zero-order valence-electron chi connectivity index (χ0n) is 15.6. The minimum absolute atomic E-state index is 0.0818. The van der Waals surface area contributed by atoms with Gasteiger partial charge in [0.2, 0.25) is 0 Å². The summed E-state index contributed by atoms with van der Waals surface area (Å²) in [4.78, 5) is 23.3. The van der Waals surface area contributed by atoms with Crippen LogP contribution in [0.4, 0.5) is 11.5 Å². The quantitative estimate of drug-likeness (QED) is 0.553. The van der Waals surface area contributed by atoms with Crippen molar-refractivity contribution in [1.29, 1.82) is 0 Å². The average Bonchev–Trinajstić information content (AvgIpc) is 2.94. The molecule has 1 aromatic heterocycles. The second-order valence-electron chi connectivity index (χ2n) is 6.64. The van der Waals surface area contributed by atoms with E-state index < -0.39 is 10.8 Å². The van der Waals surface area contributed by atoms with E-state index >= 15 is 0 Å². The van der Waals surface area contributed by atoms with Gasteiger partial charge in [0.05, 0.1) is 16.3 Å². The summed E-state index contributed by atoms with van der Waals surface area (Å²) in [6.07, 6.45) is 0. The molecule has 0 spiro atoms. The first kappa shape index (κ1) is 18.3. The average molecular weight is 364 g/mol. The smallest absolute Gasteiger partial charge is 0.273 e. The van der Waals surface area contributed by atoms with Crippen LogP contribution in [-0.4, -0.2) is 20.6 Å². The van der Waals surface area contributed by atoms with Crippen LogP contribution in [0.3, 0.4) is 0 Å². The maximum Gasteiger partial charge on any atom is 0.273 e. The molecule has 7 nitrogen and oxygen atoms in total. The van der Waals surface area contributed by atoms with Crippen LogP contribution in [0.2, 0.25) is 0 Å². The van der Waals surface area contributed by atoms with E-state index in [-0.39, 0.29) is 11.3 Å². The van der Waals surface area contributed by atoms with Gasteiger partial charge in [-0.2, -0.15) is 5.10 Å². The highest BCUT2D eigenvalue weighted by Crippen LogP contribution is 2.22. The molecule has 0 aliphatic heterocycles. The molecule has 3 aromatic rings. The summed E-state index contributed by atoms with van der Waals surface area (Å²) in [7, 11) is 0. The Kier molecular flexibility index (Phi) is 4.77. The van der Waals surface area contributed by atoms with Crippen LogP contribution in [0.15, 0.2) is 42.5 Å². The van der Waals surface area contributed by atoms with Crippen molar-refractivity contribution in [1.82, 2.24) is 9.78 Å². The lowest BCUT2D eigenvalue weighted by Gasteiger charge is -2.11. The third-order valence-corrected chi connectivity index (χ3v) is 4.19. The molecule has 0 fully saturated rings. The number of hydrogen-bond acceptors (Lipinski definition) is 4. The van der Waals surface area contributed by atoms with E-state index in [1.54, 1.807) is 29.8 Å². The third kappa shape index (κ3) is 3.87. The number of amides is 1. The Bertz CT molecular complexity index is 1030. The standard InChI is InChI=1S/C20H20N4O3/c1-12-7-13(2)9-17(8-12)23-19(10-15(4)22-23)21-20(25)16-6-5-14(3)18(11-16)24(26)27/h5-11H,1-4H3,(H,21,25). The highest BCUT2D eigenvalue weighted by molar-refractivity contribution is 6.04. The van der Waals surface area contributed by atoms with E-state index in [0.29, 0.717) is 11.4 Å². The molecular weight excluding hydrogens is 344 g/mol. The number of nitrogens with one attached hydrogen (secondary N) is 1. The summed E-state index contributed by atoms with van der Waals surface area (Å²) in [6, 6.07) is 12.2. The first-order chi connectivity index (χ1) is 12.7. The molecule has 0 atom stereocenters. The number of hydrogen-bond donors (Lipinski definition) is 1. The van der Waals surface area contributed by atoms with Crippen molar-refractivity contribution in [3.05, 3.63) is 80.5 Å². The van der Waals surface area contributed by atoms with Gasteiger partial charge in [0.25, 0.3) is 11.6 Å². The summed E-state index contributed by atoms with van der Waals surface area (Å²) in [5.41, 5.74) is 4.41. The fourth-order valence-corrected chi connectivity index (χ4v) is 2.99. The number of rotatable bonds is 4. The highest BCUT2D eigenvalue weighted by atomic mass is 16.6. The number of anilines is 1. The van der Waals surface area contributed by atoms with E-state index in [1.165, 1.54) is 6.07 Å². The van der Waals surface area contributed by atoms with Crippen molar-refractivity contribution in [3.63, 3.8) is 0 Å². The van der Waals surface area contributed by atoms with Crippen molar-refractivity contribution in [2.24, 2.45) is 0 Å². The van der Waals surface area contributed by atoms with Crippen molar-refractivity contribution in [2.45, 2.75) is 27.7 Å². The Hall–Kier alpha value is -3.48. The number of nitro groups is 1. The number of aryl methyl sites for hydroxylation is 4. The topological polar surface area (TPSA) is 90.1 Å². The Morgan fingerprint density at radius 2 is 1.70 bits per heavy atom. The molecule has 0 bridgehead atoms. The van der Waals surface area contributed by atoms with Gasteiger partial charge in [-0.25, -0.2) is 4.68 Å². The first-order valence-electron chi connectivity index (χ1n) is 8.46. The van der Waals surface area contributed by atoms with Crippen LogP contribution in [0.25, 0.3) is 5.69 Å². The molecule has 138 valence electrons. The van der Waals surface area contributed by atoms with Gasteiger partial charge in [0, 0.05) is 23.3 Å². The van der Waals surface area contributed by atoms with Gasteiger partial charge in [-0.15, -0.1) is 0 Å². The summed E-state index contributed by atoms with van der Waals surface area (Å²) < 4.78 is 1.66. The van der Waals surface area contributed by atoms with Gasteiger partial charge >= 0.3 is 0 Å². The number of benzene rings is 2. The van der Waals surface area contributed by atoms with Gasteiger partial charge in [0.1, 0.15) is 5.82 Å². The van der Waals surface area contributed by atoms with Crippen molar-refractivity contribution < 1.29 is 9.72 Å². The molecule has 0 aliphatic carbocycles. The van der Waals surface area contributed by atoms with Crippen LogP contribution in [0.5, 0.6) is 0 Å². The highest BCUT2D eigenvalue weighted by Gasteiger charge is 2.17. The van der Waals surface area contributed by atoms with E-state index in [4.69, 9.17) is 0 Å². The summed E-state index contributed by atoms with van der Waals surface area (Å²) in [6.45, 7) is 7.47. The molecule has 0 unspecified atom stereocenters. The lowest BCUT2D eigenvalue weighted by Crippen LogP contribution is -2.15. The van der Waals surface area contributed by atoms with Crippen LogP contribution >= 0.6 is 0 Å². The largest absolute Gasteiger partial charge is 0.306 e. The molecule has 7 heteroatoms. The van der Waals surface area contributed by atoms with Gasteiger partial charge in [-0.3, -0.25) is 14.9 Å². The maximum atomic E-state index is 12.7. The molecule has 0 radical (unpaired) electrons. The third-order valence-electron chi connectivity index (χ3n) is 4.19. The van der Waals surface area contributed by atoms with Crippen molar-refractivity contribution in [2.75, 3.05) is 5.32 Å². The first-order valence-corrected chi connectivity index (χ1v) is 8.46. The summed E-state index contributed by atoms with van der Waals surface area (Å²) in [5.74, 6) is 0.0781. The monoisotopic (exact) mass is 364 g/mol. The van der Waals surface area contributed by atoms with Gasteiger partial charge in [-0.1, -0.05) is 12.1 Å².